The normalized spacial score (nSPS) is 26.3. The van der Waals surface area contributed by atoms with Gasteiger partial charge in [-0.05, 0) is 50.4 Å². The number of halogens is 1. The van der Waals surface area contributed by atoms with Crippen molar-refractivity contribution in [3.63, 3.8) is 0 Å². The molecular formula is C18H36IN3O. The van der Waals surface area contributed by atoms with Crippen LogP contribution in [0.5, 0.6) is 0 Å². The van der Waals surface area contributed by atoms with E-state index >= 15 is 0 Å². The second-order valence-corrected chi connectivity index (χ2v) is 7.26. The van der Waals surface area contributed by atoms with E-state index in [2.05, 4.69) is 24.5 Å². The van der Waals surface area contributed by atoms with Gasteiger partial charge in [-0.25, -0.2) is 0 Å². The molecule has 0 heterocycles. The lowest BCUT2D eigenvalue weighted by Gasteiger charge is -2.35. The van der Waals surface area contributed by atoms with E-state index in [-0.39, 0.29) is 29.4 Å². The van der Waals surface area contributed by atoms with Crippen molar-refractivity contribution in [3.05, 3.63) is 0 Å². The highest BCUT2D eigenvalue weighted by Gasteiger charge is 2.37. The summed E-state index contributed by atoms with van der Waals surface area (Å²) in [5.74, 6) is 1.82. The predicted octanol–water partition coefficient (Wildman–Crippen LogP) is 3.68. The molecule has 2 aliphatic carbocycles. The van der Waals surface area contributed by atoms with Gasteiger partial charge < -0.3 is 15.7 Å². The summed E-state index contributed by atoms with van der Waals surface area (Å²) in [6, 6.07) is 0.623. The summed E-state index contributed by atoms with van der Waals surface area (Å²) in [6.07, 6.45) is 11.2. The number of aliphatic hydroxyl groups is 1. The molecule has 0 spiro atoms. The molecule has 0 radical (unpaired) electrons. The molecule has 0 aromatic rings. The maximum Gasteiger partial charge on any atom is 0.191 e. The van der Waals surface area contributed by atoms with Crippen LogP contribution >= 0.6 is 24.0 Å². The van der Waals surface area contributed by atoms with Crippen LogP contribution in [0.15, 0.2) is 4.99 Å². The zero-order valence-corrected chi connectivity index (χ0v) is 17.3. The van der Waals surface area contributed by atoms with Crippen LogP contribution in [0.1, 0.15) is 71.6 Å². The molecule has 2 rings (SSSR count). The van der Waals surface area contributed by atoms with E-state index in [9.17, 15) is 5.11 Å². The molecule has 0 amide bonds. The molecule has 2 saturated carbocycles. The minimum absolute atomic E-state index is 0. The zero-order valence-electron chi connectivity index (χ0n) is 14.9. The molecule has 3 N–H and O–H groups in total. The lowest BCUT2D eigenvalue weighted by atomic mass is 9.72. The molecule has 2 unspecified atom stereocenters. The van der Waals surface area contributed by atoms with Crippen molar-refractivity contribution < 1.29 is 5.11 Å². The third-order valence-electron chi connectivity index (χ3n) is 5.38. The fourth-order valence-electron chi connectivity index (χ4n) is 3.88. The van der Waals surface area contributed by atoms with Crippen LogP contribution in [0.4, 0.5) is 0 Å². The Morgan fingerprint density at radius 1 is 1.22 bits per heavy atom. The topological polar surface area (TPSA) is 56.7 Å². The van der Waals surface area contributed by atoms with Crippen LogP contribution < -0.4 is 10.6 Å². The van der Waals surface area contributed by atoms with Gasteiger partial charge in [-0.2, -0.15) is 0 Å². The number of guanidine groups is 1. The van der Waals surface area contributed by atoms with Gasteiger partial charge in [0.2, 0.25) is 0 Å². The summed E-state index contributed by atoms with van der Waals surface area (Å²) < 4.78 is 0. The fraction of sp³-hybridized carbons (Fsp3) is 0.944. The van der Waals surface area contributed by atoms with Gasteiger partial charge in [0.1, 0.15) is 0 Å². The highest BCUT2D eigenvalue weighted by molar-refractivity contribution is 14.0. The Kier molecular flexibility index (Phi) is 9.82. The number of nitrogens with one attached hydrogen (secondary N) is 2. The van der Waals surface area contributed by atoms with E-state index in [4.69, 9.17) is 4.99 Å². The van der Waals surface area contributed by atoms with Gasteiger partial charge in [-0.1, -0.05) is 32.6 Å². The summed E-state index contributed by atoms with van der Waals surface area (Å²) in [4.78, 5) is 4.89. The van der Waals surface area contributed by atoms with Crippen LogP contribution in [0, 0.1) is 11.3 Å². The molecule has 5 heteroatoms. The van der Waals surface area contributed by atoms with E-state index < -0.39 is 0 Å². The summed E-state index contributed by atoms with van der Waals surface area (Å²) >= 11 is 0. The average molecular weight is 437 g/mol. The molecule has 23 heavy (non-hydrogen) atoms. The molecule has 0 aromatic carbocycles. The number of aliphatic hydroxyl groups excluding tert-OH is 1. The van der Waals surface area contributed by atoms with Crippen molar-refractivity contribution in [3.8, 4) is 0 Å². The lowest BCUT2D eigenvalue weighted by molar-refractivity contribution is 0.137. The van der Waals surface area contributed by atoms with Gasteiger partial charge in [0, 0.05) is 25.7 Å². The fourth-order valence-corrected chi connectivity index (χ4v) is 3.88. The summed E-state index contributed by atoms with van der Waals surface area (Å²) in [7, 11) is 0. The van der Waals surface area contributed by atoms with Crippen LogP contribution in [0.25, 0.3) is 0 Å². The first-order valence-corrected chi connectivity index (χ1v) is 9.38. The molecule has 4 nitrogen and oxygen atoms in total. The van der Waals surface area contributed by atoms with Gasteiger partial charge in [-0.3, -0.25) is 4.99 Å². The summed E-state index contributed by atoms with van der Waals surface area (Å²) in [5.41, 5.74) is 0.238. The quantitative estimate of drug-likeness (QED) is 0.309. The largest absolute Gasteiger partial charge is 0.396 e. The zero-order chi connectivity index (χ0) is 15.8. The maximum atomic E-state index is 9.42. The van der Waals surface area contributed by atoms with E-state index in [0.717, 1.165) is 31.4 Å². The summed E-state index contributed by atoms with van der Waals surface area (Å²) in [6.45, 7) is 6.44. The van der Waals surface area contributed by atoms with Crippen molar-refractivity contribution >= 4 is 29.9 Å². The second kappa shape index (κ2) is 10.7. The molecule has 0 saturated heterocycles. The average Bonchev–Trinajstić information content (AvgIpc) is 3.25. The molecule has 0 bridgehead atoms. The number of hydrogen-bond acceptors (Lipinski definition) is 2. The van der Waals surface area contributed by atoms with Crippen LogP contribution in [-0.4, -0.2) is 36.8 Å². The minimum atomic E-state index is 0. The Labute approximate surface area is 159 Å². The second-order valence-electron chi connectivity index (χ2n) is 7.26. The number of rotatable bonds is 8. The Morgan fingerprint density at radius 2 is 1.96 bits per heavy atom. The van der Waals surface area contributed by atoms with E-state index in [1.54, 1.807) is 0 Å². The third-order valence-corrected chi connectivity index (χ3v) is 5.38. The van der Waals surface area contributed by atoms with E-state index in [1.807, 2.05) is 0 Å². The van der Waals surface area contributed by atoms with E-state index in [0.29, 0.717) is 12.6 Å². The molecular weight excluding hydrogens is 401 g/mol. The van der Waals surface area contributed by atoms with Gasteiger partial charge in [-0.15, -0.1) is 24.0 Å². The Morgan fingerprint density at radius 3 is 2.57 bits per heavy atom. The maximum absolute atomic E-state index is 9.42. The first kappa shape index (κ1) is 21.0. The highest BCUT2D eigenvalue weighted by Crippen LogP contribution is 2.39. The van der Waals surface area contributed by atoms with Gasteiger partial charge in [0.25, 0.3) is 0 Å². The molecule has 2 atom stereocenters. The lowest BCUT2D eigenvalue weighted by Crippen LogP contribution is -2.40. The smallest absolute Gasteiger partial charge is 0.191 e. The third kappa shape index (κ3) is 6.77. The molecule has 2 fully saturated rings. The minimum Gasteiger partial charge on any atom is -0.396 e. The molecule has 2 aliphatic rings. The van der Waals surface area contributed by atoms with Crippen LogP contribution in [0.3, 0.4) is 0 Å². The van der Waals surface area contributed by atoms with Crippen molar-refractivity contribution in [2.24, 2.45) is 16.3 Å². The Bertz CT molecular complexity index is 351. The van der Waals surface area contributed by atoms with Gasteiger partial charge in [0.05, 0.1) is 0 Å². The molecule has 0 aromatic heterocycles. The van der Waals surface area contributed by atoms with Crippen LogP contribution in [-0.2, 0) is 0 Å². The predicted molar refractivity (Wildman–Crippen MR) is 109 cm³/mol. The number of hydrogen-bond donors (Lipinski definition) is 3. The van der Waals surface area contributed by atoms with Crippen molar-refractivity contribution in [1.82, 2.24) is 10.6 Å². The van der Waals surface area contributed by atoms with Crippen molar-refractivity contribution in [2.45, 2.75) is 77.7 Å². The van der Waals surface area contributed by atoms with E-state index in [1.165, 1.54) is 51.4 Å². The first-order chi connectivity index (χ1) is 10.7. The van der Waals surface area contributed by atoms with Crippen molar-refractivity contribution in [2.75, 3.05) is 19.7 Å². The number of aliphatic imine (C=N–C) groups is 1. The van der Waals surface area contributed by atoms with Gasteiger partial charge >= 0.3 is 0 Å². The molecule has 0 aliphatic heterocycles. The Balaban J connectivity index is 0.00000264. The van der Waals surface area contributed by atoms with Gasteiger partial charge in [0.15, 0.2) is 5.96 Å². The number of nitrogens with zero attached hydrogens (tertiary/aromatic N) is 1. The molecule has 136 valence electrons. The highest BCUT2D eigenvalue weighted by atomic mass is 127. The standard InChI is InChI=1S/C18H35N3O.HI/c1-3-8-15-13-16(15)21-17(19-4-2)20-14-18(11-12-22)9-6-5-7-10-18;/h15-16,22H,3-14H2,1-2H3,(H2,19,20,21);1H. The summed E-state index contributed by atoms with van der Waals surface area (Å²) in [5, 5.41) is 16.4. The first-order valence-electron chi connectivity index (χ1n) is 9.38. The van der Waals surface area contributed by atoms with Crippen molar-refractivity contribution in [1.29, 1.82) is 0 Å². The SMILES string of the molecule is CCCC1CC1NC(=NCC1(CCO)CCCCC1)NCC.I. The van der Waals surface area contributed by atoms with Crippen LogP contribution in [0.2, 0.25) is 0 Å². The Hall–Kier alpha value is -0.0400. The monoisotopic (exact) mass is 437 g/mol.